The van der Waals surface area contributed by atoms with Crippen LogP contribution in [0.5, 0.6) is 0 Å². The van der Waals surface area contributed by atoms with Crippen LogP contribution in [0.15, 0.2) is 57.7 Å². The maximum Gasteiger partial charge on any atom is 0.257 e. The second-order valence-electron chi connectivity index (χ2n) is 7.63. The molecule has 0 saturated heterocycles. The number of nitrogens with two attached hydrogens (primary N) is 1. The summed E-state index contributed by atoms with van der Waals surface area (Å²) in [5, 5.41) is 13.4. The fourth-order valence-corrected chi connectivity index (χ4v) is 4.05. The zero-order valence-electron chi connectivity index (χ0n) is 18.1. The fourth-order valence-electron chi connectivity index (χ4n) is 3.23. The minimum absolute atomic E-state index is 0.0864. The third kappa shape index (κ3) is 4.83. The molecule has 1 amide bonds. The molecule has 4 rings (SSSR count). The van der Waals surface area contributed by atoms with E-state index in [1.807, 2.05) is 36.4 Å². The summed E-state index contributed by atoms with van der Waals surface area (Å²) in [6.07, 6.45) is 3.38. The molecular formula is C23H23N7OS. The summed E-state index contributed by atoms with van der Waals surface area (Å²) in [5.41, 5.74) is 10.6. The zero-order chi connectivity index (χ0) is 22.7. The summed E-state index contributed by atoms with van der Waals surface area (Å²) in [6, 6.07) is 13.7. The number of aliphatic imine (C=N–C) groups is 1. The minimum Gasteiger partial charge on any atom is -0.368 e. The van der Waals surface area contributed by atoms with Crippen molar-refractivity contribution in [2.75, 3.05) is 11.5 Å². The van der Waals surface area contributed by atoms with E-state index < -0.39 is 0 Å². The molecule has 1 aliphatic heterocycles. The number of hydrogen-bond donors (Lipinski definition) is 1. The van der Waals surface area contributed by atoms with Crippen molar-refractivity contribution < 1.29 is 4.79 Å². The maximum atomic E-state index is 11.6. The van der Waals surface area contributed by atoms with Crippen molar-refractivity contribution in [1.29, 1.82) is 0 Å². The number of aryl methyl sites for hydroxylation is 1. The summed E-state index contributed by atoms with van der Waals surface area (Å²) >= 11 is 1.48. The van der Waals surface area contributed by atoms with Gasteiger partial charge in [-0.05, 0) is 28.7 Å². The number of rotatable bonds is 6. The van der Waals surface area contributed by atoms with Crippen LogP contribution in [-0.2, 0) is 11.8 Å². The number of anilines is 1. The van der Waals surface area contributed by atoms with E-state index in [4.69, 9.17) is 5.73 Å². The molecule has 8 nitrogen and oxygen atoms in total. The molecule has 162 valence electrons. The molecule has 0 spiro atoms. The quantitative estimate of drug-likeness (QED) is 0.460. The van der Waals surface area contributed by atoms with E-state index in [-0.39, 0.29) is 5.91 Å². The predicted molar refractivity (Wildman–Crippen MR) is 131 cm³/mol. The lowest BCUT2D eigenvalue weighted by Crippen LogP contribution is -2.02. The zero-order valence-corrected chi connectivity index (χ0v) is 18.9. The second kappa shape index (κ2) is 9.27. The van der Waals surface area contributed by atoms with E-state index in [1.54, 1.807) is 19.5 Å². The molecule has 0 bridgehead atoms. The Morgan fingerprint density at radius 1 is 1.09 bits per heavy atom. The predicted octanol–water partition coefficient (Wildman–Crippen LogP) is 3.66. The molecule has 9 heteroatoms. The highest BCUT2D eigenvalue weighted by Gasteiger charge is 2.20. The molecule has 0 unspecified atom stereocenters. The molecule has 3 aromatic rings. The summed E-state index contributed by atoms with van der Waals surface area (Å²) < 4.78 is 1.54. The van der Waals surface area contributed by atoms with Gasteiger partial charge in [0, 0.05) is 18.2 Å². The second-order valence-corrected chi connectivity index (χ2v) is 8.59. The van der Waals surface area contributed by atoms with Gasteiger partial charge in [0.2, 0.25) is 5.95 Å². The van der Waals surface area contributed by atoms with Crippen LogP contribution >= 0.6 is 11.8 Å². The van der Waals surface area contributed by atoms with Gasteiger partial charge in [0.25, 0.3) is 5.91 Å². The van der Waals surface area contributed by atoms with E-state index in [2.05, 4.69) is 45.2 Å². The van der Waals surface area contributed by atoms with Gasteiger partial charge in [0.1, 0.15) is 5.04 Å². The Morgan fingerprint density at radius 3 is 2.38 bits per heavy atom. The molecule has 0 saturated carbocycles. The highest BCUT2D eigenvalue weighted by atomic mass is 32.2. The summed E-state index contributed by atoms with van der Waals surface area (Å²) in [6.45, 7) is 4.26. The van der Waals surface area contributed by atoms with Crippen molar-refractivity contribution in [3.63, 3.8) is 0 Å². The first kappa shape index (κ1) is 21.6. The van der Waals surface area contributed by atoms with Crippen LogP contribution in [0, 0.1) is 0 Å². The molecule has 0 fully saturated rings. The van der Waals surface area contributed by atoms with Gasteiger partial charge in [-0.2, -0.15) is 15.2 Å². The molecule has 2 aromatic carbocycles. The monoisotopic (exact) mass is 445 g/mol. The normalized spacial score (nSPS) is 14.2. The highest BCUT2D eigenvalue weighted by Crippen LogP contribution is 2.28. The maximum absolute atomic E-state index is 11.6. The van der Waals surface area contributed by atoms with Crippen LogP contribution in [0.4, 0.5) is 5.95 Å². The van der Waals surface area contributed by atoms with E-state index in [9.17, 15) is 4.79 Å². The van der Waals surface area contributed by atoms with E-state index >= 15 is 0 Å². The third-order valence-corrected chi connectivity index (χ3v) is 5.91. The van der Waals surface area contributed by atoms with E-state index in [1.165, 1.54) is 16.4 Å². The van der Waals surface area contributed by atoms with Crippen molar-refractivity contribution in [3.05, 3.63) is 64.7 Å². The highest BCUT2D eigenvalue weighted by molar-refractivity contribution is 8.15. The number of nitrogen functional groups attached to an aromatic ring is 1. The van der Waals surface area contributed by atoms with Gasteiger partial charge in [-0.3, -0.25) is 4.79 Å². The molecule has 0 atom stereocenters. The Morgan fingerprint density at radius 2 is 1.78 bits per heavy atom. The number of carbonyl (C=O) groups is 1. The van der Waals surface area contributed by atoms with Gasteiger partial charge in [0.05, 0.1) is 18.2 Å². The third-order valence-electron chi connectivity index (χ3n) is 4.93. The first-order chi connectivity index (χ1) is 15.4. The van der Waals surface area contributed by atoms with Crippen LogP contribution in [-0.4, -0.2) is 43.9 Å². The van der Waals surface area contributed by atoms with Crippen molar-refractivity contribution in [1.82, 2.24) is 14.8 Å². The first-order valence-corrected chi connectivity index (χ1v) is 11.1. The van der Waals surface area contributed by atoms with Crippen molar-refractivity contribution in [2.45, 2.75) is 19.8 Å². The average Bonchev–Trinajstić information content (AvgIpc) is 3.36. The molecule has 0 aliphatic carbocycles. The number of aromatic nitrogens is 3. The van der Waals surface area contributed by atoms with Crippen molar-refractivity contribution in [2.24, 2.45) is 22.2 Å². The SMILES string of the molecule is CC(C)c1ccc(/C=N\N=C\c2ccc(-c3nc(N)n(C)n3)cc2)cc1C1=NC(=O)CS1. The largest absolute Gasteiger partial charge is 0.368 e. The average molecular weight is 446 g/mol. The Hall–Kier alpha value is -3.59. The van der Waals surface area contributed by atoms with Gasteiger partial charge in [-0.15, -0.1) is 5.10 Å². The standard InChI is InChI=1S/C23H23N7OS/c1-14(2)18-9-6-16(10-19(18)22-27-20(31)13-32-22)12-26-25-11-15-4-7-17(8-5-15)21-28-23(24)30(3)29-21/h4-12,14H,13H2,1-3H3,(H2,24,28,29)/b25-11+,26-12-. The Labute approximate surface area is 190 Å². The van der Waals surface area contributed by atoms with Crippen LogP contribution < -0.4 is 5.73 Å². The fraction of sp³-hybridized carbons (Fsp3) is 0.217. The van der Waals surface area contributed by atoms with Crippen LogP contribution in [0.25, 0.3) is 11.4 Å². The Bertz CT molecular complexity index is 1220. The van der Waals surface area contributed by atoms with Gasteiger partial charge < -0.3 is 5.73 Å². The molecule has 2 N–H and O–H groups in total. The number of amides is 1. The summed E-state index contributed by atoms with van der Waals surface area (Å²) in [7, 11) is 1.75. The molecular weight excluding hydrogens is 422 g/mol. The topological polar surface area (TPSA) is 111 Å². The Kier molecular flexibility index (Phi) is 6.27. The lowest BCUT2D eigenvalue weighted by atomic mass is 9.96. The van der Waals surface area contributed by atoms with Crippen LogP contribution in [0.3, 0.4) is 0 Å². The van der Waals surface area contributed by atoms with E-state index in [0.29, 0.717) is 23.4 Å². The van der Waals surface area contributed by atoms with Gasteiger partial charge >= 0.3 is 0 Å². The lowest BCUT2D eigenvalue weighted by Gasteiger charge is -2.12. The van der Waals surface area contributed by atoms with Crippen molar-refractivity contribution in [3.8, 4) is 11.4 Å². The molecule has 32 heavy (non-hydrogen) atoms. The first-order valence-electron chi connectivity index (χ1n) is 10.1. The minimum atomic E-state index is -0.0864. The van der Waals surface area contributed by atoms with Crippen molar-refractivity contribution >= 4 is 41.1 Å². The van der Waals surface area contributed by atoms with Gasteiger partial charge in [-0.1, -0.05) is 62.0 Å². The van der Waals surface area contributed by atoms with Gasteiger partial charge in [-0.25, -0.2) is 9.67 Å². The molecule has 1 aromatic heterocycles. The van der Waals surface area contributed by atoms with Crippen LogP contribution in [0.2, 0.25) is 0 Å². The molecule has 2 heterocycles. The summed E-state index contributed by atoms with van der Waals surface area (Å²) in [5.74, 6) is 1.59. The number of nitrogens with zero attached hydrogens (tertiary/aromatic N) is 6. The number of thioether (sulfide) groups is 1. The Balaban J connectivity index is 1.47. The number of benzene rings is 2. The lowest BCUT2D eigenvalue weighted by molar-refractivity contribution is -0.115. The number of carbonyl (C=O) groups excluding carboxylic acids is 1. The van der Waals surface area contributed by atoms with Gasteiger partial charge in [0.15, 0.2) is 5.82 Å². The van der Waals surface area contributed by atoms with E-state index in [0.717, 1.165) is 32.9 Å². The number of hydrogen-bond acceptors (Lipinski definition) is 7. The molecule has 1 aliphatic rings. The molecule has 0 radical (unpaired) electrons. The smallest absolute Gasteiger partial charge is 0.257 e. The van der Waals surface area contributed by atoms with Crippen LogP contribution in [0.1, 0.15) is 42.0 Å². The summed E-state index contributed by atoms with van der Waals surface area (Å²) in [4.78, 5) is 20.0.